The van der Waals surface area contributed by atoms with Gasteiger partial charge in [0.2, 0.25) is 0 Å². The molecule has 2 heteroatoms. The predicted molar refractivity (Wildman–Crippen MR) is 64.4 cm³/mol. The molecule has 1 unspecified atom stereocenters. The number of rotatable bonds is 4. The van der Waals surface area contributed by atoms with Crippen LogP contribution in [0.25, 0.3) is 0 Å². The minimum atomic E-state index is 0.455. The van der Waals surface area contributed by atoms with Crippen LogP contribution in [0.3, 0.4) is 0 Å². The standard InChI is InChI=1S/C12H16Cl2/c1-3-4-6-9(2)12-10(13)7-5-8-11(12)14/h5,7-9H,3-4,6H2,1-2H3. The first kappa shape index (κ1) is 11.9. The van der Waals surface area contributed by atoms with Gasteiger partial charge in [-0.2, -0.15) is 0 Å². The fourth-order valence-corrected chi connectivity index (χ4v) is 2.41. The van der Waals surface area contributed by atoms with Gasteiger partial charge >= 0.3 is 0 Å². The molecule has 1 aromatic rings. The Balaban J connectivity index is 2.82. The summed E-state index contributed by atoms with van der Waals surface area (Å²) in [6.45, 7) is 4.38. The van der Waals surface area contributed by atoms with Crippen LogP contribution in [-0.2, 0) is 0 Å². The van der Waals surface area contributed by atoms with Crippen molar-refractivity contribution in [2.24, 2.45) is 0 Å². The highest BCUT2D eigenvalue weighted by Crippen LogP contribution is 2.33. The SMILES string of the molecule is CCCCC(C)c1c(Cl)cccc1Cl. The summed E-state index contributed by atoms with van der Waals surface area (Å²) in [6, 6.07) is 5.71. The molecule has 14 heavy (non-hydrogen) atoms. The van der Waals surface area contributed by atoms with Gasteiger partial charge in [0.05, 0.1) is 0 Å². The van der Waals surface area contributed by atoms with Crippen LogP contribution in [0.15, 0.2) is 18.2 Å². The maximum absolute atomic E-state index is 6.12. The Hall–Kier alpha value is -0.200. The third kappa shape index (κ3) is 2.90. The molecule has 0 heterocycles. The van der Waals surface area contributed by atoms with Gasteiger partial charge in [-0.1, -0.05) is 56.0 Å². The lowest BCUT2D eigenvalue weighted by molar-refractivity contribution is 0.624. The first-order valence-electron chi connectivity index (χ1n) is 5.10. The van der Waals surface area contributed by atoms with Crippen molar-refractivity contribution in [2.45, 2.75) is 39.0 Å². The van der Waals surface area contributed by atoms with Crippen LogP contribution in [0.2, 0.25) is 10.0 Å². The highest BCUT2D eigenvalue weighted by Gasteiger charge is 2.12. The third-order valence-electron chi connectivity index (χ3n) is 2.48. The molecule has 0 saturated heterocycles. The van der Waals surface area contributed by atoms with Crippen LogP contribution < -0.4 is 0 Å². The van der Waals surface area contributed by atoms with Crippen LogP contribution in [0.1, 0.15) is 44.6 Å². The van der Waals surface area contributed by atoms with Gasteiger partial charge in [-0.25, -0.2) is 0 Å². The molecule has 0 nitrogen and oxygen atoms in total. The van der Waals surface area contributed by atoms with E-state index in [2.05, 4.69) is 13.8 Å². The molecule has 0 aliphatic carbocycles. The number of unbranched alkanes of at least 4 members (excludes halogenated alkanes) is 1. The second-order valence-electron chi connectivity index (χ2n) is 3.68. The van der Waals surface area contributed by atoms with Crippen molar-refractivity contribution < 1.29 is 0 Å². The monoisotopic (exact) mass is 230 g/mol. The van der Waals surface area contributed by atoms with E-state index in [1.165, 1.54) is 12.8 Å². The van der Waals surface area contributed by atoms with Crippen molar-refractivity contribution in [1.29, 1.82) is 0 Å². The molecule has 0 amide bonds. The lowest BCUT2D eigenvalue weighted by Gasteiger charge is -2.14. The summed E-state index contributed by atoms with van der Waals surface area (Å²) in [7, 11) is 0. The smallest absolute Gasteiger partial charge is 0.0455 e. The molecule has 0 fully saturated rings. The molecule has 0 aromatic heterocycles. The Kier molecular flexibility index (Phi) is 4.77. The van der Waals surface area contributed by atoms with Crippen LogP contribution in [0, 0.1) is 0 Å². The molecule has 0 saturated carbocycles. The quantitative estimate of drug-likeness (QED) is 0.660. The lowest BCUT2D eigenvalue weighted by atomic mass is 9.95. The summed E-state index contributed by atoms with van der Waals surface area (Å²) in [5.74, 6) is 0.455. The predicted octanol–water partition coefficient (Wildman–Crippen LogP) is 5.29. The molecule has 1 atom stereocenters. The van der Waals surface area contributed by atoms with E-state index in [1.54, 1.807) is 0 Å². The number of benzene rings is 1. The maximum atomic E-state index is 6.12. The molecule has 0 N–H and O–H groups in total. The zero-order chi connectivity index (χ0) is 10.6. The minimum Gasteiger partial charge on any atom is -0.0840 e. The Morgan fingerprint density at radius 2 is 1.79 bits per heavy atom. The average molecular weight is 231 g/mol. The topological polar surface area (TPSA) is 0 Å². The van der Waals surface area contributed by atoms with E-state index in [-0.39, 0.29) is 0 Å². The number of halogens is 2. The number of hydrogen-bond acceptors (Lipinski definition) is 0. The average Bonchev–Trinajstić information content (AvgIpc) is 2.14. The number of hydrogen-bond donors (Lipinski definition) is 0. The Morgan fingerprint density at radius 3 is 2.29 bits per heavy atom. The van der Waals surface area contributed by atoms with Crippen LogP contribution in [0.5, 0.6) is 0 Å². The maximum Gasteiger partial charge on any atom is 0.0455 e. The fourth-order valence-electron chi connectivity index (χ4n) is 1.64. The molecule has 0 aliphatic rings. The summed E-state index contributed by atoms with van der Waals surface area (Å²) in [6.07, 6.45) is 3.59. The van der Waals surface area contributed by atoms with E-state index in [1.807, 2.05) is 18.2 Å². The van der Waals surface area contributed by atoms with Gasteiger partial charge < -0.3 is 0 Å². The second-order valence-corrected chi connectivity index (χ2v) is 4.49. The largest absolute Gasteiger partial charge is 0.0840 e. The van der Waals surface area contributed by atoms with E-state index in [4.69, 9.17) is 23.2 Å². The van der Waals surface area contributed by atoms with Gasteiger partial charge in [0.25, 0.3) is 0 Å². The first-order valence-corrected chi connectivity index (χ1v) is 5.86. The lowest BCUT2D eigenvalue weighted by Crippen LogP contribution is -1.95. The van der Waals surface area contributed by atoms with Gasteiger partial charge in [0, 0.05) is 10.0 Å². The van der Waals surface area contributed by atoms with E-state index in [0.717, 1.165) is 22.0 Å². The van der Waals surface area contributed by atoms with Gasteiger partial charge in [0.15, 0.2) is 0 Å². The van der Waals surface area contributed by atoms with Crippen LogP contribution >= 0.6 is 23.2 Å². The Morgan fingerprint density at radius 1 is 1.21 bits per heavy atom. The second kappa shape index (κ2) is 5.63. The van der Waals surface area contributed by atoms with Crippen molar-refractivity contribution in [3.63, 3.8) is 0 Å². The van der Waals surface area contributed by atoms with Gasteiger partial charge in [0.1, 0.15) is 0 Å². The van der Waals surface area contributed by atoms with Crippen molar-refractivity contribution in [1.82, 2.24) is 0 Å². The Labute approximate surface area is 96.2 Å². The molecule has 0 radical (unpaired) electrons. The minimum absolute atomic E-state index is 0.455. The van der Waals surface area contributed by atoms with Crippen molar-refractivity contribution >= 4 is 23.2 Å². The molecule has 78 valence electrons. The van der Waals surface area contributed by atoms with Gasteiger partial charge in [-0.15, -0.1) is 0 Å². The van der Waals surface area contributed by atoms with Crippen molar-refractivity contribution in [3.05, 3.63) is 33.8 Å². The van der Waals surface area contributed by atoms with Crippen LogP contribution in [0.4, 0.5) is 0 Å². The molecule has 0 bridgehead atoms. The van der Waals surface area contributed by atoms with Crippen molar-refractivity contribution in [3.8, 4) is 0 Å². The summed E-state index contributed by atoms with van der Waals surface area (Å²) in [4.78, 5) is 0. The Bertz CT molecular complexity index is 274. The van der Waals surface area contributed by atoms with E-state index in [0.29, 0.717) is 5.92 Å². The van der Waals surface area contributed by atoms with E-state index in [9.17, 15) is 0 Å². The zero-order valence-corrected chi connectivity index (χ0v) is 10.2. The summed E-state index contributed by atoms with van der Waals surface area (Å²) >= 11 is 12.2. The first-order chi connectivity index (χ1) is 6.66. The molecule has 1 rings (SSSR count). The molecular formula is C12H16Cl2. The summed E-state index contributed by atoms with van der Waals surface area (Å²) in [5, 5.41) is 1.59. The molecule has 1 aromatic carbocycles. The highest BCUT2D eigenvalue weighted by atomic mass is 35.5. The third-order valence-corrected chi connectivity index (χ3v) is 3.14. The summed E-state index contributed by atoms with van der Waals surface area (Å²) in [5.41, 5.74) is 1.10. The fraction of sp³-hybridized carbons (Fsp3) is 0.500. The van der Waals surface area contributed by atoms with Gasteiger partial charge in [-0.05, 0) is 30.0 Å². The summed E-state index contributed by atoms with van der Waals surface area (Å²) < 4.78 is 0. The molecular weight excluding hydrogens is 215 g/mol. The zero-order valence-electron chi connectivity index (χ0n) is 8.69. The van der Waals surface area contributed by atoms with Gasteiger partial charge in [-0.3, -0.25) is 0 Å². The highest BCUT2D eigenvalue weighted by molar-refractivity contribution is 6.36. The van der Waals surface area contributed by atoms with E-state index < -0.39 is 0 Å². The normalized spacial score (nSPS) is 12.9. The van der Waals surface area contributed by atoms with E-state index >= 15 is 0 Å². The van der Waals surface area contributed by atoms with Crippen LogP contribution in [-0.4, -0.2) is 0 Å². The molecule has 0 aliphatic heterocycles. The molecule has 0 spiro atoms. The van der Waals surface area contributed by atoms with Crippen molar-refractivity contribution in [2.75, 3.05) is 0 Å².